The number of rotatable bonds is 3. The van der Waals surface area contributed by atoms with Crippen LogP contribution < -0.4 is 0 Å². The molecule has 2 nitrogen and oxygen atoms in total. The lowest BCUT2D eigenvalue weighted by molar-refractivity contribution is 1.12. The minimum absolute atomic E-state index is 0.877. The van der Waals surface area contributed by atoms with Crippen molar-refractivity contribution in [3.63, 3.8) is 0 Å². The second kappa shape index (κ2) is 5.94. The largest absolute Gasteiger partial charge is 0.315 e. The van der Waals surface area contributed by atoms with Gasteiger partial charge in [-0.3, -0.25) is 0 Å². The van der Waals surface area contributed by atoms with Crippen LogP contribution in [0.2, 0.25) is 0 Å². The van der Waals surface area contributed by atoms with Crippen LogP contribution in [0.3, 0.4) is 0 Å². The van der Waals surface area contributed by atoms with Crippen LogP contribution >= 0.6 is 0 Å². The molecular formula is C19H14N2. The fraction of sp³-hybridized carbons (Fsp3) is 0. The molecule has 0 radical (unpaired) electrons. The maximum Gasteiger partial charge on any atom is 0.0934 e. The van der Waals surface area contributed by atoms with E-state index < -0.39 is 0 Å². The van der Waals surface area contributed by atoms with E-state index in [0.29, 0.717) is 0 Å². The zero-order chi connectivity index (χ0) is 14.5. The number of aromatic nitrogens is 1. The van der Waals surface area contributed by atoms with E-state index in [0.717, 1.165) is 22.5 Å². The monoisotopic (exact) mass is 270 g/mol. The highest BCUT2D eigenvalue weighted by atomic mass is 15.0. The van der Waals surface area contributed by atoms with Crippen LogP contribution in [-0.4, -0.2) is 4.57 Å². The number of nitrogens with zero attached hydrogens (tertiary/aromatic N) is 2. The molecule has 0 saturated heterocycles. The van der Waals surface area contributed by atoms with Crippen LogP contribution in [0.15, 0.2) is 85.1 Å². The molecule has 2 heteroatoms. The van der Waals surface area contributed by atoms with E-state index in [2.05, 4.69) is 24.3 Å². The van der Waals surface area contributed by atoms with Crippen LogP contribution in [0.5, 0.6) is 0 Å². The molecule has 0 aliphatic heterocycles. The Hall–Kier alpha value is -3.05. The molecule has 1 heterocycles. The first kappa shape index (κ1) is 13.0. The Bertz CT molecular complexity index is 790. The van der Waals surface area contributed by atoms with E-state index >= 15 is 0 Å². The summed E-state index contributed by atoms with van der Waals surface area (Å²) < 4.78 is 2.05. The highest BCUT2D eigenvalue weighted by molar-refractivity contribution is 5.74. The van der Waals surface area contributed by atoms with E-state index in [1.807, 2.05) is 65.4 Å². The lowest BCUT2D eigenvalue weighted by atomic mass is 10.1. The van der Waals surface area contributed by atoms with Gasteiger partial charge in [-0.1, -0.05) is 60.7 Å². The zero-order valence-electron chi connectivity index (χ0n) is 11.5. The quantitative estimate of drug-likeness (QED) is 0.641. The van der Waals surface area contributed by atoms with Crippen molar-refractivity contribution in [2.24, 2.45) is 0 Å². The average Bonchev–Trinajstić information content (AvgIpc) is 3.03. The Morgan fingerprint density at radius 3 is 2.19 bits per heavy atom. The van der Waals surface area contributed by atoms with Crippen molar-refractivity contribution in [2.75, 3.05) is 0 Å². The predicted molar refractivity (Wildman–Crippen MR) is 85.3 cm³/mol. The third-order valence-electron chi connectivity index (χ3n) is 3.35. The highest BCUT2D eigenvalue weighted by Gasteiger charge is 2.09. The Balaban J connectivity index is 2.14. The minimum atomic E-state index is 0.877. The molecule has 0 aliphatic rings. The number of allylic oxidation sites excluding steroid dienone is 1. The summed E-state index contributed by atoms with van der Waals surface area (Å²) in [7, 11) is 0. The van der Waals surface area contributed by atoms with Crippen LogP contribution in [0.1, 0.15) is 5.56 Å². The van der Waals surface area contributed by atoms with Crippen LogP contribution in [0.25, 0.3) is 17.0 Å². The molecular weight excluding hydrogens is 256 g/mol. The molecule has 2 aromatic carbocycles. The molecule has 21 heavy (non-hydrogen) atoms. The fourth-order valence-electron chi connectivity index (χ4n) is 2.40. The standard InChI is InChI=1S/C19H14N2/c20-14-13-19(17-10-5-2-6-11-17)21-15-7-12-18(21)16-8-3-1-4-9-16/h1-13,15H/b19-13-. The zero-order valence-corrected chi connectivity index (χ0v) is 11.5. The second-order valence-corrected chi connectivity index (χ2v) is 4.65. The molecule has 0 bridgehead atoms. The number of nitriles is 1. The summed E-state index contributed by atoms with van der Waals surface area (Å²) in [6, 6.07) is 26.3. The first-order valence-corrected chi connectivity index (χ1v) is 6.78. The molecule has 0 aliphatic carbocycles. The van der Waals surface area contributed by atoms with Gasteiger partial charge in [0.1, 0.15) is 0 Å². The normalized spacial score (nSPS) is 11.1. The van der Waals surface area contributed by atoms with Gasteiger partial charge in [0.05, 0.1) is 17.5 Å². The molecule has 3 rings (SSSR count). The third kappa shape index (κ3) is 2.63. The van der Waals surface area contributed by atoms with Gasteiger partial charge in [0.15, 0.2) is 0 Å². The summed E-state index contributed by atoms with van der Waals surface area (Å²) in [4.78, 5) is 0. The molecule has 0 saturated carbocycles. The Labute approximate surface area is 124 Å². The van der Waals surface area contributed by atoms with E-state index in [1.165, 1.54) is 0 Å². The van der Waals surface area contributed by atoms with Crippen molar-refractivity contribution in [2.45, 2.75) is 0 Å². The minimum Gasteiger partial charge on any atom is -0.315 e. The molecule has 0 spiro atoms. The molecule has 100 valence electrons. The van der Waals surface area contributed by atoms with Gasteiger partial charge in [-0.2, -0.15) is 5.26 Å². The molecule has 0 N–H and O–H groups in total. The van der Waals surface area contributed by atoms with Gasteiger partial charge in [0, 0.05) is 12.3 Å². The third-order valence-corrected chi connectivity index (χ3v) is 3.35. The van der Waals surface area contributed by atoms with Crippen LogP contribution in [-0.2, 0) is 0 Å². The smallest absolute Gasteiger partial charge is 0.0934 e. The van der Waals surface area contributed by atoms with E-state index in [4.69, 9.17) is 5.26 Å². The van der Waals surface area contributed by atoms with E-state index in [-0.39, 0.29) is 0 Å². The average molecular weight is 270 g/mol. The Kier molecular flexibility index (Phi) is 3.66. The Morgan fingerprint density at radius 1 is 0.857 bits per heavy atom. The molecule has 0 amide bonds. The van der Waals surface area contributed by atoms with Gasteiger partial charge < -0.3 is 4.57 Å². The highest BCUT2D eigenvalue weighted by Crippen LogP contribution is 2.26. The molecule has 0 fully saturated rings. The van der Waals surface area contributed by atoms with Gasteiger partial charge >= 0.3 is 0 Å². The first-order valence-electron chi connectivity index (χ1n) is 6.78. The summed E-state index contributed by atoms with van der Waals surface area (Å²) in [5, 5.41) is 9.12. The molecule has 0 unspecified atom stereocenters. The second-order valence-electron chi connectivity index (χ2n) is 4.65. The Morgan fingerprint density at radius 2 is 1.52 bits per heavy atom. The van der Waals surface area contributed by atoms with Gasteiger partial charge in [0.2, 0.25) is 0 Å². The van der Waals surface area contributed by atoms with Gasteiger partial charge in [0.25, 0.3) is 0 Å². The maximum atomic E-state index is 9.12. The SMILES string of the molecule is N#C/C=C(/c1ccccc1)n1cccc1-c1ccccc1. The van der Waals surface area contributed by atoms with Crippen LogP contribution in [0, 0.1) is 11.3 Å². The van der Waals surface area contributed by atoms with Crippen molar-refractivity contribution in [1.29, 1.82) is 5.26 Å². The van der Waals surface area contributed by atoms with Crippen molar-refractivity contribution in [3.8, 4) is 17.3 Å². The van der Waals surface area contributed by atoms with Crippen molar-refractivity contribution in [1.82, 2.24) is 4.57 Å². The summed E-state index contributed by atoms with van der Waals surface area (Å²) in [5.74, 6) is 0. The number of benzene rings is 2. The molecule has 3 aromatic rings. The first-order chi connectivity index (χ1) is 10.4. The fourth-order valence-corrected chi connectivity index (χ4v) is 2.40. The van der Waals surface area contributed by atoms with E-state index in [9.17, 15) is 0 Å². The van der Waals surface area contributed by atoms with Crippen molar-refractivity contribution >= 4 is 5.70 Å². The van der Waals surface area contributed by atoms with Gasteiger partial charge in [-0.15, -0.1) is 0 Å². The summed E-state index contributed by atoms with van der Waals surface area (Å²) in [6.07, 6.45) is 3.57. The lowest BCUT2D eigenvalue weighted by Crippen LogP contribution is -1.99. The van der Waals surface area contributed by atoms with E-state index in [1.54, 1.807) is 6.08 Å². The van der Waals surface area contributed by atoms with Crippen molar-refractivity contribution < 1.29 is 0 Å². The summed E-state index contributed by atoms with van der Waals surface area (Å²) in [5.41, 5.74) is 4.10. The maximum absolute atomic E-state index is 9.12. The summed E-state index contributed by atoms with van der Waals surface area (Å²) in [6.45, 7) is 0. The predicted octanol–water partition coefficient (Wildman–Crippen LogP) is 4.57. The number of hydrogen-bond acceptors (Lipinski definition) is 1. The molecule has 0 atom stereocenters. The summed E-state index contributed by atoms with van der Waals surface area (Å²) >= 11 is 0. The van der Waals surface area contributed by atoms with Crippen LogP contribution in [0.4, 0.5) is 0 Å². The van der Waals surface area contributed by atoms with Gasteiger partial charge in [-0.25, -0.2) is 0 Å². The topological polar surface area (TPSA) is 28.7 Å². The number of hydrogen-bond donors (Lipinski definition) is 0. The van der Waals surface area contributed by atoms with Gasteiger partial charge in [-0.05, 0) is 23.3 Å². The lowest BCUT2D eigenvalue weighted by Gasteiger charge is -2.13. The van der Waals surface area contributed by atoms with Crippen molar-refractivity contribution in [3.05, 3.63) is 90.6 Å². The molecule has 1 aromatic heterocycles.